The van der Waals surface area contributed by atoms with Gasteiger partial charge in [-0.05, 0) is 122 Å². The van der Waals surface area contributed by atoms with Crippen LogP contribution in [0.15, 0.2) is 0 Å². The number of piperidine rings is 3. The highest BCUT2D eigenvalue weighted by Gasteiger charge is 2.41. The zero-order valence-corrected chi connectivity index (χ0v) is 20.8. The van der Waals surface area contributed by atoms with E-state index in [1.54, 1.807) is 0 Å². The molecule has 6 rings (SSSR count). The van der Waals surface area contributed by atoms with Gasteiger partial charge in [0.1, 0.15) is 0 Å². The monoisotopic (exact) mass is 434 g/mol. The van der Waals surface area contributed by atoms with E-state index >= 15 is 0 Å². The van der Waals surface area contributed by atoms with Crippen molar-refractivity contribution in [2.24, 2.45) is 16.2 Å². The normalized spacial score (nSPS) is 34.9. The molecule has 0 radical (unpaired) electrons. The Morgan fingerprint density at radius 3 is 1.55 bits per heavy atom. The molecule has 31 heavy (non-hydrogen) atoms. The molecule has 0 amide bonds. The van der Waals surface area contributed by atoms with Gasteiger partial charge in [-0.2, -0.15) is 0 Å². The predicted octanol–water partition coefficient (Wildman–Crippen LogP) is 1.29. The summed E-state index contributed by atoms with van der Waals surface area (Å²) in [7, 11) is 6.68. The first-order valence-electron chi connectivity index (χ1n) is 13.1. The molecule has 6 nitrogen and oxygen atoms in total. The lowest BCUT2D eigenvalue weighted by Crippen LogP contribution is -2.58. The molecule has 3 N–H and O–H groups in total. The van der Waals surface area contributed by atoms with E-state index in [2.05, 4.69) is 51.8 Å². The van der Waals surface area contributed by atoms with Crippen molar-refractivity contribution < 1.29 is 0 Å². The fourth-order valence-corrected chi connectivity index (χ4v) is 6.83. The number of likely N-dealkylation sites (tertiary alicyclic amines) is 3. The van der Waals surface area contributed by atoms with Crippen LogP contribution in [0.2, 0.25) is 0 Å². The van der Waals surface area contributed by atoms with Crippen LogP contribution in [0.3, 0.4) is 0 Å². The second kappa shape index (κ2) is 10.4. The lowest BCUT2D eigenvalue weighted by atomic mass is 9.73. The van der Waals surface area contributed by atoms with Gasteiger partial charge in [-0.1, -0.05) is 0 Å². The second-order valence-electron chi connectivity index (χ2n) is 12.1. The minimum Gasteiger partial charge on any atom is -0.317 e. The van der Waals surface area contributed by atoms with E-state index in [9.17, 15) is 0 Å². The van der Waals surface area contributed by atoms with E-state index < -0.39 is 0 Å². The highest BCUT2D eigenvalue weighted by molar-refractivity contribution is 4.96. The molecule has 1 unspecified atom stereocenters. The molecule has 180 valence electrons. The van der Waals surface area contributed by atoms with E-state index in [1.807, 2.05) is 0 Å². The Hall–Kier alpha value is -0.240. The van der Waals surface area contributed by atoms with Gasteiger partial charge in [0.2, 0.25) is 0 Å². The van der Waals surface area contributed by atoms with Crippen molar-refractivity contribution in [2.45, 2.75) is 44.9 Å². The summed E-state index contributed by atoms with van der Waals surface area (Å²) >= 11 is 0. The summed E-state index contributed by atoms with van der Waals surface area (Å²) in [5.74, 6) is 0. The van der Waals surface area contributed by atoms with Gasteiger partial charge in [0, 0.05) is 39.3 Å². The molecule has 6 aliphatic heterocycles. The minimum atomic E-state index is 0.660. The number of nitrogens with zero attached hydrogens (tertiary/aromatic N) is 3. The van der Waals surface area contributed by atoms with Crippen LogP contribution in [0.4, 0.5) is 0 Å². The number of rotatable bonds is 0. The van der Waals surface area contributed by atoms with Crippen molar-refractivity contribution in [1.82, 2.24) is 30.7 Å². The van der Waals surface area contributed by atoms with Crippen LogP contribution >= 0.6 is 0 Å². The van der Waals surface area contributed by atoms with Gasteiger partial charge in [-0.15, -0.1) is 0 Å². The van der Waals surface area contributed by atoms with Gasteiger partial charge in [-0.25, -0.2) is 0 Å². The summed E-state index contributed by atoms with van der Waals surface area (Å²) in [6.45, 7) is 15.5. The molecular formula is C25H50N6. The summed E-state index contributed by atoms with van der Waals surface area (Å²) in [6.07, 6.45) is 9.87. The standard InChI is InChI=1S/C9H18N2.2C8H16N2/c1-11-6-4-9(8-11)3-2-5-10-7-9;1-10-4-2-8(3-5-10)6-9-7-8;1-10-6-8(7-10)2-4-9-5-3-8/h10H,2-8H2,1H3;2*9H,2-7H2,1H3. The van der Waals surface area contributed by atoms with Crippen LogP contribution in [-0.4, -0.2) is 114 Å². The van der Waals surface area contributed by atoms with Crippen molar-refractivity contribution in [3.05, 3.63) is 0 Å². The van der Waals surface area contributed by atoms with Crippen molar-refractivity contribution in [1.29, 1.82) is 0 Å². The topological polar surface area (TPSA) is 45.8 Å². The first-order chi connectivity index (χ1) is 14.9. The van der Waals surface area contributed by atoms with Crippen molar-refractivity contribution >= 4 is 0 Å². The van der Waals surface area contributed by atoms with Crippen LogP contribution in [-0.2, 0) is 0 Å². The summed E-state index contributed by atoms with van der Waals surface area (Å²) in [4.78, 5) is 7.32. The van der Waals surface area contributed by atoms with Gasteiger partial charge >= 0.3 is 0 Å². The van der Waals surface area contributed by atoms with Gasteiger partial charge in [0.15, 0.2) is 0 Å². The van der Waals surface area contributed by atoms with Crippen LogP contribution in [0, 0.1) is 16.2 Å². The highest BCUT2D eigenvalue weighted by Crippen LogP contribution is 2.37. The van der Waals surface area contributed by atoms with E-state index in [4.69, 9.17) is 0 Å². The minimum absolute atomic E-state index is 0.660. The maximum absolute atomic E-state index is 3.51. The Kier molecular flexibility index (Phi) is 7.98. The molecule has 0 aromatic heterocycles. The summed E-state index contributed by atoms with van der Waals surface area (Å²) < 4.78 is 0. The Labute approximate surface area is 191 Å². The van der Waals surface area contributed by atoms with Crippen LogP contribution in [0.25, 0.3) is 0 Å². The Balaban J connectivity index is 0.000000112. The quantitative estimate of drug-likeness (QED) is 0.534. The zero-order chi connectivity index (χ0) is 21.8. The molecule has 6 heteroatoms. The molecule has 0 aromatic carbocycles. The van der Waals surface area contributed by atoms with Gasteiger partial charge < -0.3 is 30.7 Å². The van der Waals surface area contributed by atoms with Crippen molar-refractivity contribution in [3.8, 4) is 0 Å². The second-order valence-corrected chi connectivity index (χ2v) is 12.1. The number of hydrogen-bond donors (Lipinski definition) is 3. The average molecular weight is 435 g/mol. The van der Waals surface area contributed by atoms with E-state index in [1.165, 1.54) is 123 Å². The highest BCUT2D eigenvalue weighted by atomic mass is 15.2. The molecule has 6 fully saturated rings. The third-order valence-corrected chi connectivity index (χ3v) is 9.11. The first-order valence-corrected chi connectivity index (χ1v) is 13.1. The van der Waals surface area contributed by atoms with E-state index in [0.717, 1.165) is 10.8 Å². The molecule has 6 saturated heterocycles. The maximum atomic E-state index is 3.51. The largest absolute Gasteiger partial charge is 0.317 e. The summed E-state index contributed by atoms with van der Waals surface area (Å²) in [5.41, 5.74) is 2.12. The average Bonchev–Trinajstić information content (AvgIpc) is 3.08. The van der Waals surface area contributed by atoms with Gasteiger partial charge in [-0.3, -0.25) is 0 Å². The molecule has 0 aromatic rings. The molecule has 0 aliphatic carbocycles. The molecule has 6 aliphatic rings. The van der Waals surface area contributed by atoms with E-state index in [-0.39, 0.29) is 0 Å². The third kappa shape index (κ3) is 6.21. The predicted molar refractivity (Wildman–Crippen MR) is 131 cm³/mol. The van der Waals surface area contributed by atoms with Crippen LogP contribution < -0.4 is 16.0 Å². The summed E-state index contributed by atoms with van der Waals surface area (Å²) in [6, 6.07) is 0. The molecule has 6 heterocycles. The molecule has 3 spiro atoms. The van der Waals surface area contributed by atoms with Crippen molar-refractivity contribution in [2.75, 3.05) is 99.7 Å². The SMILES string of the molecule is CN1CC2(CCNCC2)C1.CN1CCC2(CC1)CNC2.CN1CCC2(CCCNC2)C1. The molecular weight excluding hydrogens is 384 g/mol. The fraction of sp³-hybridized carbons (Fsp3) is 1.00. The Bertz CT molecular complexity index is 519. The lowest BCUT2D eigenvalue weighted by molar-refractivity contribution is -0.00368. The smallest absolute Gasteiger partial charge is 0.00484 e. The fourth-order valence-electron chi connectivity index (χ4n) is 6.83. The summed E-state index contributed by atoms with van der Waals surface area (Å²) in [5, 5.41) is 10.3. The maximum Gasteiger partial charge on any atom is 0.00484 e. The number of nitrogens with one attached hydrogen (secondary N) is 3. The van der Waals surface area contributed by atoms with E-state index in [0.29, 0.717) is 5.41 Å². The molecule has 1 atom stereocenters. The zero-order valence-electron chi connectivity index (χ0n) is 20.8. The first kappa shape index (κ1) is 23.9. The molecule has 0 bridgehead atoms. The van der Waals surface area contributed by atoms with Crippen LogP contribution in [0.1, 0.15) is 44.9 Å². The number of hydrogen-bond acceptors (Lipinski definition) is 6. The molecule has 0 saturated carbocycles. The van der Waals surface area contributed by atoms with Crippen LogP contribution in [0.5, 0.6) is 0 Å². The van der Waals surface area contributed by atoms with Gasteiger partial charge in [0.25, 0.3) is 0 Å². The lowest BCUT2D eigenvalue weighted by Gasteiger charge is -2.51. The van der Waals surface area contributed by atoms with Gasteiger partial charge in [0.05, 0.1) is 0 Å². The van der Waals surface area contributed by atoms with Crippen molar-refractivity contribution in [3.63, 3.8) is 0 Å². The third-order valence-electron chi connectivity index (χ3n) is 9.11. The Morgan fingerprint density at radius 1 is 0.484 bits per heavy atom. The Morgan fingerprint density at radius 2 is 1.06 bits per heavy atom.